The summed E-state index contributed by atoms with van der Waals surface area (Å²) in [6.45, 7) is 4.12. The Bertz CT molecular complexity index is 207. The maximum Gasteiger partial charge on any atom is 0.246 e. The lowest BCUT2D eigenvalue weighted by Crippen LogP contribution is -2.25. The Labute approximate surface area is 119 Å². The van der Waals surface area contributed by atoms with Gasteiger partial charge < -0.3 is 0 Å². The molecule has 0 saturated heterocycles. The molecule has 0 heterocycles. The van der Waals surface area contributed by atoms with E-state index in [0.29, 0.717) is 0 Å². The number of amides is 1. The summed E-state index contributed by atoms with van der Waals surface area (Å²) in [5.41, 5.74) is 1.72. The molecule has 2 N–H and O–H groups in total. The molecular weight excluding hydrogens is 238 g/mol. The predicted molar refractivity (Wildman–Crippen MR) is 80.2 cm³/mol. The van der Waals surface area contributed by atoms with Crippen LogP contribution in [0.3, 0.4) is 0 Å². The lowest BCUT2D eigenvalue weighted by Gasteiger charge is -2.08. The summed E-state index contributed by atoms with van der Waals surface area (Å²) in [7, 11) is 0. The van der Waals surface area contributed by atoms with E-state index in [1.807, 2.05) is 6.92 Å². The molecule has 0 fully saturated rings. The highest BCUT2D eigenvalue weighted by molar-refractivity contribution is 5.76. The van der Waals surface area contributed by atoms with Crippen molar-refractivity contribution in [1.82, 2.24) is 5.48 Å². The minimum absolute atomic E-state index is 0.0661. The first-order valence-corrected chi connectivity index (χ1v) is 8.16. The third-order valence-electron chi connectivity index (χ3n) is 3.80. The standard InChI is InChI=1S/C16H33NO2/c1-3-4-5-6-7-8-9-10-11-12-13-14-15(2)16(18)17-19/h15,19H,3-14H2,1-2H3,(H,17,18). The Hall–Kier alpha value is -0.570. The van der Waals surface area contributed by atoms with E-state index in [1.54, 1.807) is 5.48 Å². The number of hydrogen-bond acceptors (Lipinski definition) is 2. The predicted octanol–water partition coefficient (Wildman–Crippen LogP) is 4.83. The second kappa shape index (κ2) is 13.9. The van der Waals surface area contributed by atoms with Gasteiger partial charge in [0.05, 0.1) is 0 Å². The first-order chi connectivity index (χ1) is 9.22. The molecule has 0 aliphatic rings. The van der Waals surface area contributed by atoms with E-state index in [1.165, 1.54) is 64.2 Å². The minimum atomic E-state index is -0.257. The first kappa shape index (κ1) is 18.4. The second-order valence-corrected chi connectivity index (χ2v) is 5.70. The zero-order valence-electron chi connectivity index (χ0n) is 12.9. The highest BCUT2D eigenvalue weighted by Gasteiger charge is 2.10. The summed E-state index contributed by atoms with van der Waals surface area (Å²) >= 11 is 0. The van der Waals surface area contributed by atoms with Crippen LogP contribution in [0.5, 0.6) is 0 Å². The Morgan fingerprint density at radius 3 is 1.74 bits per heavy atom. The van der Waals surface area contributed by atoms with Crippen molar-refractivity contribution in [2.45, 2.75) is 90.9 Å². The van der Waals surface area contributed by atoms with Gasteiger partial charge in [-0.2, -0.15) is 0 Å². The summed E-state index contributed by atoms with van der Waals surface area (Å²) in [6, 6.07) is 0. The highest BCUT2D eigenvalue weighted by Crippen LogP contribution is 2.14. The average molecular weight is 271 g/mol. The molecule has 3 nitrogen and oxygen atoms in total. The molecular formula is C16H33NO2. The van der Waals surface area contributed by atoms with Gasteiger partial charge in [0.2, 0.25) is 5.91 Å². The molecule has 0 bridgehead atoms. The van der Waals surface area contributed by atoms with Gasteiger partial charge in [-0.3, -0.25) is 10.0 Å². The normalized spacial score (nSPS) is 12.4. The van der Waals surface area contributed by atoms with Crippen molar-refractivity contribution in [2.24, 2.45) is 5.92 Å². The summed E-state index contributed by atoms with van der Waals surface area (Å²) in [5.74, 6) is -0.323. The van der Waals surface area contributed by atoms with Crippen LogP contribution in [0.25, 0.3) is 0 Å². The van der Waals surface area contributed by atoms with Crippen LogP contribution in [0.4, 0.5) is 0 Å². The van der Waals surface area contributed by atoms with E-state index in [9.17, 15) is 4.79 Å². The second-order valence-electron chi connectivity index (χ2n) is 5.70. The quantitative estimate of drug-likeness (QED) is 0.286. The fourth-order valence-corrected chi connectivity index (χ4v) is 2.36. The molecule has 0 aliphatic heterocycles. The molecule has 0 radical (unpaired) electrons. The summed E-state index contributed by atoms with van der Waals surface area (Å²) in [5, 5.41) is 8.48. The van der Waals surface area contributed by atoms with Gasteiger partial charge in [-0.05, 0) is 6.42 Å². The molecule has 114 valence electrons. The largest absolute Gasteiger partial charge is 0.289 e. The van der Waals surface area contributed by atoms with Gasteiger partial charge in [0.1, 0.15) is 0 Å². The van der Waals surface area contributed by atoms with Crippen molar-refractivity contribution in [3.63, 3.8) is 0 Å². The van der Waals surface area contributed by atoms with E-state index in [-0.39, 0.29) is 11.8 Å². The third kappa shape index (κ3) is 12.2. The van der Waals surface area contributed by atoms with Crippen LogP contribution in [0.15, 0.2) is 0 Å². The Morgan fingerprint density at radius 2 is 1.32 bits per heavy atom. The van der Waals surface area contributed by atoms with E-state index < -0.39 is 0 Å². The lowest BCUT2D eigenvalue weighted by atomic mass is 10.0. The van der Waals surface area contributed by atoms with Gasteiger partial charge >= 0.3 is 0 Å². The molecule has 19 heavy (non-hydrogen) atoms. The number of carbonyl (C=O) groups excluding carboxylic acids is 1. The zero-order chi connectivity index (χ0) is 14.3. The molecule has 0 aromatic rings. The smallest absolute Gasteiger partial charge is 0.246 e. The average Bonchev–Trinajstić information content (AvgIpc) is 2.43. The zero-order valence-corrected chi connectivity index (χ0v) is 12.9. The van der Waals surface area contributed by atoms with Crippen molar-refractivity contribution in [1.29, 1.82) is 0 Å². The van der Waals surface area contributed by atoms with Crippen molar-refractivity contribution < 1.29 is 10.0 Å². The monoisotopic (exact) mass is 271 g/mol. The highest BCUT2D eigenvalue weighted by atomic mass is 16.5. The van der Waals surface area contributed by atoms with Crippen LogP contribution in [0.2, 0.25) is 0 Å². The minimum Gasteiger partial charge on any atom is -0.289 e. The molecule has 0 aromatic carbocycles. The molecule has 1 amide bonds. The molecule has 0 aromatic heterocycles. The van der Waals surface area contributed by atoms with E-state index in [2.05, 4.69) is 6.92 Å². The summed E-state index contributed by atoms with van der Waals surface area (Å²) < 4.78 is 0. The van der Waals surface area contributed by atoms with Crippen LogP contribution in [-0.4, -0.2) is 11.1 Å². The third-order valence-corrected chi connectivity index (χ3v) is 3.80. The molecule has 0 rings (SSSR count). The van der Waals surface area contributed by atoms with Gasteiger partial charge in [-0.25, -0.2) is 5.48 Å². The number of unbranched alkanes of at least 4 members (excludes halogenated alkanes) is 10. The van der Waals surface area contributed by atoms with Gasteiger partial charge in [0, 0.05) is 5.92 Å². The molecule has 3 heteroatoms. The van der Waals surface area contributed by atoms with Crippen molar-refractivity contribution >= 4 is 5.91 Å². The summed E-state index contributed by atoms with van der Waals surface area (Å²) in [6.07, 6.45) is 15.4. The van der Waals surface area contributed by atoms with Gasteiger partial charge in [0.15, 0.2) is 0 Å². The van der Waals surface area contributed by atoms with Crippen LogP contribution < -0.4 is 5.48 Å². The SMILES string of the molecule is CCCCCCCCCCCCCC(C)C(=O)NO. The first-order valence-electron chi connectivity index (χ1n) is 8.16. The number of hydroxylamine groups is 1. The maximum absolute atomic E-state index is 11.1. The van der Waals surface area contributed by atoms with E-state index in [0.717, 1.165) is 12.8 Å². The van der Waals surface area contributed by atoms with E-state index in [4.69, 9.17) is 5.21 Å². The number of nitrogens with one attached hydrogen (secondary N) is 1. The van der Waals surface area contributed by atoms with Gasteiger partial charge in [0.25, 0.3) is 0 Å². The van der Waals surface area contributed by atoms with Crippen molar-refractivity contribution in [2.75, 3.05) is 0 Å². The summed E-state index contributed by atoms with van der Waals surface area (Å²) in [4.78, 5) is 11.1. The van der Waals surface area contributed by atoms with E-state index >= 15 is 0 Å². The molecule has 0 aliphatic carbocycles. The molecule has 0 saturated carbocycles. The Morgan fingerprint density at radius 1 is 0.895 bits per heavy atom. The van der Waals surface area contributed by atoms with Gasteiger partial charge in [-0.1, -0.05) is 84.5 Å². The van der Waals surface area contributed by atoms with Crippen LogP contribution >= 0.6 is 0 Å². The molecule has 1 atom stereocenters. The number of carbonyl (C=O) groups is 1. The topological polar surface area (TPSA) is 49.3 Å². The van der Waals surface area contributed by atoms with Crippen LogP contribution in [-0.2, 0) is 4.79 Å². The lowest BCUT2D eigenvalue weighted by molar-refractivity contribution is -0.133. The fraction of sp³-hybridized carbons (Fsp3) is 0.938. The molecule has 1 unspecified atom stereocenters. The van der Waals surface area contributed by atoms with Crippen molar-refractivity contribution in [3.8, 4) is 0 Å². The fourth-order valence-electron chi connectivity index (χ4n) is 2.36. The molecule has 0 spiro atoms. The van der Waals surface area contributed by atoms with Crippen molar-refractivity contribution in [3.05, 3.63) is 0 Å². The number of rotatable bonds is 13. The Kier molecular flexibility index (Phi) is 13.4. The number of hydrogen-bond donors (Lipinski definition) is 2. The van der Waals surface area contributed by atoms with Crippen LogP contribution in [0, 0.1) is 5.92 Å². The van der Waals surface area contributed by atoms with Crippen LogP contribution in [0.1, 0.15) is 90.9 Å². The van der Waals surface area contributed by atoms with Gasteiger partial charge in [-0.15, -0.1) is 0 Å². The Balaban J connectivity index is 3.12. The maximum atomic E-state index is 11.1.